The molecule has 0 N–H and O–H groups in total. The van der Waals surface area contributed by atoms with E-state index in [4.69, 9.17) is 9.97 Å². The van der Waals surface area contributed by atoms with Gasteiger partial charge in [-0.05, 0) is 86.9 Å². The molecule has 10 aromatic carbocycles. The zero-order chi connectivity index (χ0) is 41.2. The zero-order valence-electron chi connectivity index (χ0n) is 33.9. The minimum Gasteiger partial charge on any atom is -0.309 e. The number of hydrogen-bond acceptors (Lipinski definition) is 2. The first kappa shape index (κ1) is 34.2. The number of benzene rings is 10. The van der Waals surface area contributed by atoms with Gasteiger partial charge in [-0.1, -0.05) is 152 Å². The third-order valence-corrected chi connectivity index (χ3v) is 13.2. The van der Waals surface area contributed by atoms with Crippen molar-refractivity contribution in [3.8, 4) is 28.7 Å². The summed E-state index contributed by atoms with van der Waals surface area (Å²) in [5, 5.41) is 14.5. The van der Waals surface area contributed by atoms with E-state index in [1.54, 1.807) is 0 Å². The Labute approximate surface area is 360 Å². The van der Waals surface area contributed by atoms with Crippen molar-refractivity contribution in [3.05, 3.63) is 212 Å². The van der Waals surface area contributed by atoms with Crippen molar-refractivity contribution in [2.45, 2.75) is 0 Å². The van der Waals surface area contributed by atoms with Gasteiger partial charge in [-0.2, -0.15) is 4.98 Å². The van der Waals surface area contributed by atoms with Gasteiger partial charge in [0.25, 0.3) is 0 Å². The van der Waals surface area contributed by atoms with Gasteiger partial charge in [-0.25, -0.2) is 4.98 Å². The van der Waals surface area contributed by atoms with Crippen molar-refractivity contribution in [2.24, 2.45) is 0 Å². The zero-order valence-corrected chi connectivity index (χ0v) is 33.9. The number of para-hydroxylation sites is 6. The molecule has 0 radical (unpaired) electrons. The number of rotatable bonds is 4. The normalized spacial score (nSPS) is 12.1. The van der Waals surface area contributed by atoms with E-state index in [-0.39, 0.29) is 0 Å². The molecule has 0 aliphatic heterocycles. The Morgan fingerprint density at radius 2 is 0.619 bits per heavy atom. The molecule has 292 valence electrons. The summed E-state index contributed by atoms with van der Waals surface area (Å²) in [5.74, 6) is 1.44. The lowest BCUT2D eigenvalue weighted by Gasteiger charge is -2.16. The summed E-state index contributed by atoms with van der Waals surface area (Å²) in [6.07, 6.45) is 0. The molecule has 0 saturated heterocycles. The second-order valence-electron chi connectivity index (χ2n) is 16.6. The molecule has 63 heavy (non-hydrogen) atoms. The van der Waals surface area contributed by atoms with Gasteiger partial charge in [0.15, 0.2) is 0 Å². The van der Waals surface area contributed by atoms with Crippen molar-refractivity contribution in [1.82, 2.24) is 23.7 Å². The van der Waals surface area contributed by atoms with Crippen molar-refractivity contribution in [1.29, 1.82) is 0 Å². The van der Waals surface area contributed by atoms with Crippen molar-refractivity contribution in [2.75, 3.05) is 0 Å². The molecule has 0 bridgehead atoms. The maximum Gasteiger partial charge on any atom is 0.237 e. The summed E-state index contributed by atoms with van der Waals surface area (Å²) in [7, 11) is 0. The van der Waals surface area contributed by atoms with Crippen LogP contribution in [-0.2, 0) is 0 Å². The molecule has 0 amide bonds. The number of fused-ring (bicyclic) bond motifs is 15. The van der Waals surface area contributed by atoms with Crippen molar-refractivity contribution < 1.29 is 0 Å². The fourth-order valence-corrected chi connectivity index (χ4v) is 10.5. The first-order valence-electron chi connectivity index (χ1n) is 21.5. The minimum atomic E-state index is 0.628. The van der Waals surface area contributed by atoms with Gasteiger partial charge >= 0.3 is 0 Å². The summed E-state index contributed by atoms with van der Waals surface area (Å²) >= 11 is 0. The monoisotopic (exact) mass is 801 g/mol. The molecular formula is C58H35N5. The average Bonchev–Trinajstić information content (AvgIpc) is 4.00. The molecule has 0 atom stereocenters. The fraction of sp³-hybridized carbons (Fsp3) is 0. The second kappa shape index (κ2) is 13.0. The maximum atomic E-state index is 5.49. The molecule has 0 spiro atoms. The summed E-state index contributed by atoms with van der Waals surface area (Å²) in [6.45, 7) is 0. The second-order valence-corrected chi connectivity index (χ2v) is 16.6. The molecule has 0 unspecified atom stereocenters. The Morgan fingerprint density at radius 1 is 0.254 bits per heavy atom. The summed E-state index contributed by atoms with van der Waals surface area (Å²) < 4.78 is 6.93. The van der Waals surface area contributed by atoms with E-state index in [1.807, 2.05) is 0 Å². The quantitative estimate of drug-likeness (QED) is 0.166. The first-order valence-corrected chi connectivity index (χ1v) is 21.5. The number of hydrogen-bond donors (Lipinski definition) is 0. The van der Waals surface area contributed by atoms with E-state index in [2.05, 4.69) is 226 Å². The molecule has 5 heteroatoms. The van der Waals surface area contributed by atoms with E-state index in [9.17, 15) is 0 Å². The van der Waals surface area contributed by atoms with Crippen molar-refractivity contribution in [3.63, 3.8) is 0 Å². The number of aromatic nitrogens is 5. The number of nitrogens with zero attached hydrogens (tertiary/aromatic N) is 5. The highest BCUT2D eigenvalue weighted by Crippen LogP contribution is 2.41. The Bertz CT molecular complexity index is 3910. The third kappa shape index (κ3) is 4.87. The lowest BCUT2D eigenvalue weighted by Crippen LogP contribution is -2.07. The van der Waals surface area contributed by atoms with Gasteiger partial charge in [0.2, 0.25) is 5.95 Å². The predicted octanol–water partition coefficient (Wildman–Crippen LogP) is 14.9. The van der Waals surface area contributed by atoms with E-state index in [1.165, 1.54) is 75.7 Å². The van der Waals surface area contributed by atoms with Gasteiger partial charge < -0.3 is 4.57 Å². The fourth-order valence-electron chi connectivity index (χ4n) is 10.5. The van der Waals surface area contributed by atoms with Crippen LogP contribution in [0.2, 0.25) is 0 Å². The smallest absolute Gasteiger partial charge is 0.237 e. The first-order chi connectivity index (χ1) is 31.3. The van der Waals surface area contributed by atoms with Crippen LogP contribution in [0.4, 0.5) is 0 Å². The Morgan fingerprint density at radius 3 is 1.10 bits per heavy atom. The van der Waals surface area contributed by atoms with Crippen LogP contribution in [0.15, 0.2) is 212 Å². The van der Waals surface area contributed by atoms with Crippen LogP contribution >= 0.6 is 0 Å². The van der Waals surface area contributed by atoms with Crippen molar-refractivity contribution >= 4 is 97.7 Å². The van der Waals surface area contributed by atoms with Gasteiger partial charge in [-0.15, -0.1) is 0 Å². The average molecular weight is 802 g/mol. The molecule has 14 aromatic rings. The molecule has 0 aliphatic carbocycles. The van der Waals surface area contributed by atoms with Crippen LogP contribution in [0.3, 0.4) is 0 Å². The van der Waals surface area contributed by atoms with Crippen LogP contribution in [0.25, 0.3) is 126 Å². The van der Waals surface area contributed by atoms with Crippen LogP contribution in [-0.4, -0.2) is 23.7 Å². The SMILES string of the molecule is c1ccc2c(c1)c1cc(-c3cc(-n4c5ccccc5c5ccccc54)nc(-n4c5ccccc5c5ccccc54)n3)ccc1c1ccc(-n3c4ccccc4c4ccccc43)cc21. The van der Waals surface area contributed by atoms with Crippen LogP contribution < -0.4 is 0 Å². The molecule has 4 heterocycles. The van der Waals surface area contributed by atoms with Crippen LogP contribution in [0.1, 0.15) is 0 Å². The van der Waals surface area contributed by atoms with Gasteiger partial charge in [0.1, 0.15) is 5.82 Å². The molecule has 0 fully saturated rings. The molecular weight excluding hydrogens is 767 g/mol. The summed E-state index contributed by atoms with van der Waals surface area (Å²) in [6, 6.07) is 76.7. The van der Waals surface area contributed by atoms with E-state index >= 15 is 0 Å². The molecule has 0 aliphatic rings. The summed E-state index contributed by atoms with van der Waals surface area (Å²) in [5.41, 5.74) is 9.79. The minimum absolute atomic E-state index is 0.628. The van der Waals surface area contributed by atoms with Gasteiger partial charge in [-0.3, -0.25) is 9.13 Å². The maximum absolute atomic E-state index is 5.49. The van der Waals surface area contributed by atoms with Crippen LogP contribution in [0.5, 0.6) is 0 Å². The highest BCUT2D eigenvalue weighted by Gasteiger charge is 2.21. The molecule has 5 nitrogen and oxygen atoms in total. The summed E-state index contributed by atoms with van der Waals surface area (Å²) in [4.78, 5) is 11.0. The van der Waals surface area contributed by atoms with E-state index in [0.29, 0.717) is 5.95 Å². The van der Waals surface area contributed by atoms with E-state index < -0.39 is 0 Å². The van der Waals surface area contributed by atoms with Crippen LogP contribution in [0, 0.1) is 0 Å². The van der Waals surface area contributed by atoms with Gasteiger partial charge in [0, 0.05) is 49.6 Å². The molecule has 4 aromatic heterocycles. The van der Waals surface area contributed by atoms with E-state index in [0.717, 1.165) is 44.8 Å². The third-order valence-electron chi connectivity index (χ3n) is 13.2. The largest absolute Gasteiger partial charge is 0.309 e. The molecule has 14 rings (SSSR count). The lowest BCUT2D eigenvalue weighted by molar-refractivity contribution is 0.952. The predicted molar refractivity (Wildman–Crippen MR) is 263 cm³/mol. The lowest BCUT2D eigenvalue weighted by atomic mass is 9.92. The Kier molecular flexibility index (Phi) is 7.05. The standard InChI is InChI=1S/C58H35N5/c1-2-16-39-38(15-1)48-33-36(29-31-40(48)41-32-30-37(34-49(39)41)61-51-23-9-3-17-42(51)43-18-4-10-24-52(43)61)50-35-57(62-53-25-11-5-19-44(53)45-20-6-12-26-54(45)62)60-58(59-50)63-55-27-13-7-21-46(55)47-22-8-14-28-56(47)63/h1-35H. The van der Waals surface area contributed by atoms with Gasteiger partial charge in [0.05, 0.1) is 38.8 Å². The highest BCUT2D eigenvalue weighted by atomic mass is 15.2. The highest BCUT2D eigenvalue weighted by molar-refractivity contribution is 6.26. The molecule has 0 saturated carbocycles. The Balaban J connectivity index is 1.03. The Hall–Kier alpha value is -8.54. The topological polar surface area (TPSA) is 40.6 Å².